The van der Waals surface area contributed by atoms with Crippen LogP contribution in [0.25, 0.3) is 0 Å². The van der Waals surface area contributed by atoms with Gasteiger partial charge in [-0.1, -0.05) is 19.4 Å². The summed E-state index contributed by atoms with van der Waals surface area (Å²) in [6.45, 7) is 2.06. The number of nitro benzene ring substituents is 1. The maximum absolute atomic E-state index is 12.0. The van der Waals surface area contributed by atoms with Gasteiger partial charge in [0.2, 0.25) is 5.75 Å². The van der Waals surface area contributed by atoms with Gasteiger partial charge in [0.15, 0.2) is 0 Å². The van der Waals surface area contributed by atoms with E-state index in [1.54, 1.807) is 0 Å². The van der Waals surface area contributed by atoms with Crippen LogP contribution in [0.3, 0.4) is 0 Å². The molecule has 1 aliphatic rings. The second-order valence-electron chi connectivity index (χ2n) is 4.92. The zero-order chi connectivity index (χ0) is 14.0. The molecule has 1 fully saturated rings. The Morgan fingerprint density at radius 2 is 2.21 bits per heavy atom. The van der Waals surface area contributed by atoms with Crippen LogP contribution in [0.5, 0.6) is 5.75 Å². The molecular formula is C13H16N2O4. The highest BCUT2D eigenvalue weighted by Crippen LogP contribution is 2.30. The molecule has 1 aromatic carbocycles. The number of carbonyl (C=O) groups is 1. The molecule has 19 heavy (non-hydrogen) atoms. The van der Waals surface area contributed by atoms with Crippen molar-refractivity contribution in [2.45, 2.75) is 32.2 Å². The zero-order valence-electron chi connectivity index (χ0n) is 10.6. The quantitative estimate of drug-likeness (QED) is 0.646. The maximum atomic E-state index is 12.0. The van der Waals surface area contributed by atoms with Crippen molar-refractivity contribution in [2.75, 3.05) is 0 Å². The summed E-state index contributed by atoms with van der Waals surface area (Å²) >= 11 is 0. The van der Waals surface area contributed by atoms with Crippen LogP contribution in [0.4, 0.5) is 5.69 Å². The first-order valence-corrected chi connectivity index (χ1v) is 6.28. The van der Waals surface area contributed by atoms with Crippen molar-refractivity contribution in [3.8, 4) is 5.75 Å². The number of nitro groups is 1. The van der Waals surface area contributed by atoms with E-state index in [-0.39, 0.29) is 11.6 Å². The molecule has 1 aromatic rings. The molecule has 2 unspecified atom stereocenters. The normalized spacial score (nSPS) is 22.2. The largest absolute Gasteiger partial charge is 0.502 e. The van der Waals surface area contributed by atoms with E-state index in [0.29, 0.717) is 5.92 Å². The number of hydrogen-bond donors (Lipinski definition) is 2. The SMILES string of the molecule is CC1CCCC1NC(=O)c1cccc([N+](=O)[O-])c1O. The van der Waals surface area contributed by atoms with Crippen LogP contribution >= 0.6 is 0 Å². The lowest BCUT2D eigenvalue weighted by Gasteiger charge is -2.17. The minimum atomic E-state index is -0.704. The second-order valence-corrected chi connectivity index (χ2v) is 4.92. The van der Waals surface area contributed by atoms with Crippen LogP contribution in [0.15, 0.2) is 18.2 Å². The Kier molecular flexibility index (Phi) is 3.69. The van der Waals surface area contributed by atoms with Gasteiger partial charge in [0.05, 0.1) is 10.5 Å². The van der Waals surface area contributed by atoms with Gasteiger partial charge >= 0.3 is 5.69 Å². The van der Waals surface area contributed by atoms with E-state index in [4.69, 9.17) is 0 Å². The van der Waals surface area contributed by atoms with E-state index in [9.17, 15) is 20.0 Å². The van der Waals surface area contributed by atoms with Crippen LogP contribution in [0, 0.1) is 16.0 Å². The third-order valence-corrected chi connectivity index (χ3v) is 3.63. The molecule has 6 heteroatoms. The fourth-order valence-electron chi connectivity index (χ4n) is 2.47. The number of carbonyl (C=O) groups excluding carboxylic acids is 1. The third-order valence-electron chi connectivity index (χ3n) is 3.63. The molecule has 1 saturated carbocycles. The van der Waals surface area contributed by atoms with Crippen LogP contribution < -0.4 is 5.32 Å². The van der Waals surface area contributed by atoms with Crippen molar-refractivity contribution in [3.05, 3.63) is 33.9 Å². The summed E-state index contributed by atoms with van der Waals surface area (Å²) in [4.78, 5) is 22.1. The topological polar surface area (TPSA) is 92.5 Å². The fraction of sp³-hybridized carbons (Fsp3) is 0.462. The van der Waals surface area contributed by atoms with Gasteiger partial charge < -0.3 is 10.4 Å². The van der Waals surface area contributed by atoms with Crippen LogP contribution in [0.1, 0.15) is 36.5 Å². The van der Waals surface area contributed by atoms with Crippen molar-refractivity contribution in [3.63, 3.8) is 0 Å². The number of rotatable bonds is 3. The minimum absolute atomic E-state index is 0.0479. The Morgan fingerprint density at radius 3 is 2.79 bits per heavy atom. The first kappa shape index (κ1) is 13.3. The molecular weight excluding hydrogens is 248 g/mol. The predicted octanol–water partition coefficient (Wildman–Crippen LogP) is 2.22. The molecule has 6 nitrogen and oxygen atoms in total. The number of benzene rings is 1. The van der Waals surface area contributed by atoms with E-state index >= 15 is 0 Å². The number of phenols is 1. The van der Waals surface area contributed by atoms with Gasteiger partial charge in [0, 0.05) is 12.1 Å². The summed E-state index contributed by atoms with van der Waals surface area (Å²) in [5, 5.41) is 23.3. The molecule has 2 rings (SSSR count). The van der Waals surface area contributed by atoms with Crippen LogP contribution in [-0.2, 0) is 0 Å². The number of hydrogen-bond acceptors (Lipinski definition) is 4. The second kappa shape index (κ2) is 5.26. The van der Waals surface area contributed by atoms with Crippen molar-refractivity contribution in [2.24, 2.45) is 5.92 Å². The number of phenolic OH excluding ortho intramolecular Hbond substituents is 1. The Bertz CT molecular complexity index is 515. The average Bonchev–Trinajstić information content (AvgIpc) is 2.74. The molecule has 2 atom stereocenters. The highest BCUT2D eigenvalue weighted by Gasteiger charge is 2.27. The van der Waals surface area contributed by atoms with Crippen LogP contribution in [-0.4, -0.2) is 22.0 Å². The number of nitrogens with one attached hydrogen (secondary N) is 1. The Balaban J connectivity index is 2.19. The van der Waals surface area contributed by atoms with Crippen molar-refractivity contribution in [1.29, 1.82) is 0 Å². The smallest absolute Gasteiger partial charge is 0.311 e. The molecule has 0 saturated heterocycles. The summed E-state index contributed by atoms with van der Waals surface area (Å²) in [6.07, 6.45) is 3.03. The molecule has 0 radical (unpaired) electrons. The van der Waals surface area contributed by atoms with Gasteiger partial charge in [0.1, 0.15) is 0 Å². The lowest BCUT2D eigenvalue weighted by Crippen LogP contribution is -2.36. The van der Waals surface area contributed by atoms with Gasteiger partial charge in [-0.3, -0.25) is 14.9 Å². The highest BCUT2D eigenvalue weighted by atomic mass is 16.6. The van der Waals surface area contributed by atoms with Crippen molar-refractivity contribution >= 4 is 11.6 Å². The van der Waals surface area contributed by atoms with Gasteiger partial charge in [-0.15, -0.1) is 0 Å². The van der Waals surface area contributed by atoms with E-state index in [1.807, 2.05) is 0 Å². The van der Waals surface area contributed by atoms with Gasteiger partial charge in [-0.05, 0) is 24.8 Å². The average molecular weight is 264 g/mol. The monoisotopic (exact) mass is 264 g/mol. The highest BCUT2D eigenvalue weighted by molar-refractivity contribution is 5.98. The minimum Gasteiger partial charge on any atom is -0.502 e. The lowest BCUT2D eigenvalue weighted by molar-refractivity contribution is -0.385. The molecule has 0 bridgehead atoms. The molecule has 0 heterocycles. The van der Waals surface area contributed by atoms with Gasteiger partial charge in [-0.2, -0.15) is 0 Å². The third kappa shape index (κ3) is 2.67. The number of amides is 1. The number of aromatic hydroxyl groups is 1. The summed E-state index contributed by atoms with van der Waals surface area (Å²) in [5.41, 5.74) is -0.500. The molecule has 0 aliphatic heterocycles. The summed E-state index contributed by atoms with van der Waals surface area (Å²) in [7, 11) is 0. The maximum Gasteiger partial charge on any atom is 0.311 e. The predicted molar refractivity (Wildman–Crippen MR) is 69.0 cm³/mol. The lowest BCUT2D eigenvalue weighted by atomic mass is 10.1. The van der Waals surface area contributed by atoms with Gasteiger partial charge in [-0.25, -0.2) is 0 Å². The van der Waals surface area contributed by atoms with E-state index in [2.05, 4.69) is 12.2 Å². The van der Waals surface area contributed by atoms with Crippen LogP contribution in [0.2, 0.25) is 0 Å². The molecule has 1 aliphatic carbocycles. The first-order valence-electron chi connectivity index (χ1n) is 6.28. The summed E-state index contributed by atoms with van der Waals surface area (Å²) < 4.78 is 0. The van der Waals surface area contributed by atoms with E-state index in [1.165, 1.54) is 18.2 Å². The summed E-state index contributed by atoms with van der Waals surface area (Å²) in [5.74, 6) is -0.639. The zero-order valence-corrected chi connectivity index (χ0v) is 10.6. The fourth-order valence-corrected chi connectivity index (χ4v) is 2.47. The number of para-hydroxylation sites is 1. The first-order chi connectivity index (χ1) is 9.00. The van der Waals surface area contributed by atoms with E-state index < -0.39 is 22.3 Å². The summed E-state index contributed by atoms with van der Waals surface area (Å²) in [6, 6.07) is 4.03. The molecule has 1 amide bonds. The van der Waals surface area contributed by atoms with E-state index in [0.717, 1.165) is 19.3 Å². The Morgan fingerprint density at radius 1 is 1.47 bits per heavy atom. The van der Waals surface area contributed by atoms with Gasteiger partial charge in [0.25, 0.3) is 5.91 Å². The number of nitrogens with zero attached hydrogens (tertiary/aromatic N) is 1. The molecule has 0 aromatic heterocycles. The van der Waals surface area contributed by atoms with Crippen molar-refractivity contribution < 1.29 is 14.8 Å². The molecule has 102 valence electrons. The molecule has 0 spiro atoms. The Labute approximate surface area is 110 Å². The standard InChI is InChI=1S/C13H16N2O4/c1-8-4-2-6-10(8)14-13(17)9-5-3-7-11(12(9)16)15(18)19/h3,5,7-8,10,16H,2,4,6H2,1H3,(H,14,17). The van der Waals surface area contributed by atoms with Crippen molar-refractivity contribution in [1.82, 2.24) is 5.32 Å². The Hall–Kier alpha value is -2.11. The molecule has 2 N–H and O–H groups in total.